The third-order valence-electron chi connectivity index (χ3n) is 6.43. The van der Waals surface area contributed by atoms with Crippen LogP contribution in [0.1, 0.15) is 46.9 Å². The van der Waals surface area contributed by atoms with Crippen LogP contribution in [-0.4, -0.2) is 23.2 Å². The Morgan fingerprint density at radius 1 is 0.774 bits per heavy atom. The average Bonchev–Trinajstić information content (AvgIpc) is 3.14. The minimum Gasteiger partial charge on any atom is -0.405 e. The number of aryl methyl sites for hydroxylation is 1. The lowest BCUT2D eigenvalue weighted by Crippen LogP contribution is -2.50. The van der Waals surface area contributed by atoms with E-state index in [0.717, 1.165) is 22.3 Å². The summed E-state index contributed by atoms with van der Waals surface area (Å²) in [5, 5.41) is 0. The molecule has 3 atom stereocenters. The van der Waals surface area contributed by atoms with Gasteiger partial charge in [0.1, 0.15) is 5.78 Å². The van der Waals surface area contributed by atoms with E-state index in [9.17, 15) is 9.59 Å². The second-order valence-corrected chi connectivity index (χ2v) is 8.37. The van der Waals surface area contributed by atoms with E-state index in [0.29, 0.717) is 5.90 Å². The van der Waals surface area contributed by atoms with Gasteiger partial charge in [-0.15, -0.1) is 0 Å². The predicted molar refractivity (Wildman–Crippen MR) is 119 cm³/mol. The lowest BCUT2D eigenvalue weighted by Gasteiger charge is -2.42. The van der Waals surface area contributed by atoms with Gasteiger partial charge >= 0.3 is 5.97 Å². The van der Waals surface area contributed by atoms with Gasteiger partial charge in [0.2, 0.25) is 5.90 Å². The molecule has 4 nitrogen and oxygen atoms in total. The Bertz CT molecular complexity index is 1150. The second kappa shape index (κ2) is 7.62. The van der Waals surface area contributed by atoms with Crippen LogP contribution in [0.5, 0.6) is 0 Å². The van der Waals surface area contributed by atoms with E-state index in [4.69, 9.17) is 9.73 Å². The van der Waals surface area contributed by atoms with Crippen molar-refractivity contribution in [2.45, 2.75) is 37.1 Å². The van der Waals surface area contributed by atoms with Gasteiger partial charge in [-0.1, -0.05) is 78.4 Å². The van der Waals surface area contributed by atoms with Crippen molar-refractivity contribution in [1.29, 1.82) is 0 Å². The second-order valence-electron chi connectivity index (χ2n) is 8.37. The van der Waals surface area contributed by atoms with Crippen LogP contribution in [0.25, 0.3) is 0 Å². The zero-order chi connectivity index (χ0) is 21.4. The van der Waals surface area contributed by atoms with E-state index >= 15 is 0 Å². The first-order chi connectivity index (χ1) is 15.1. The Morgan fingerprint density at radius 2 is 1.32 bits per heavy atom. The molecule has 0 unspecified atom stereocenters. The molecular weight excluding hydrogens is 386 g/mol. The Kier molecular flexibility index (Phi) is 4.78. The number of aliphatic imine (C=N–C) groups is 1. The molecule has 1 saturated carbocycles. The number of ether oxygens (including phenoxy) is 1. The van der Waals surface area contributed by atoms with Gasteiger partial charge in [0.15, 0.2) is 5.54 Å². The van der Waals surface area contributed by atoms with Crippen LogP contribution in [0.4, 0.5) is 0 Å². The number of hydrogen-bond donors (Lipinski definition) is 0. The average molecular weight is 409 g/mol. The smallest absolute Gasteiger partial charge is 0.342 e. The normalized spacial score (nSPS) is 25.4. The molecule has 0 bridgehead atoms. The number of carbonyl (C=O) groups is 2. The third-order valence-corrected chi connectivity index (χ3v) is 6.43. The molecule has 5 rings (SSSR count). The molecule has 0 N–H and O–H groups in total. The monoisotopic (exact) mass is 409 g/mol. The van der Waals surface area contributed by atoms with E-state index in [-0.39, 0.29) is 36.4 Å². The summed E-state index contributed by atoms with van der Waals surface area (Å²) in [5.74, 6) is -0.666. The fraction of sp³-hybridized carbons (Fsp3) is 0.222. The van der Waals surface area contributed by atoms with Gasteiger partial charge in [-0.25, -0.2) is 9.79 Å². The molecule has 154 valence electrons. The maximum atomic E-state index is 13.6. The molecule has 1 fully saturated rings. The van der Waals surface area contributed by atoms with Crippen molar-refractivity contribution in [1.82, 2.24) is 0 Å². The van der Waals surface area contributed by atoms with Crippen molar-refractivity contribution in [2.24, 2.45) is 4.99 Å². The first-order valence-electron chi connectivity index (χ1n) is 10.6. The topological polar surface area (TPSA) is 55.7 Å². The van der Waals surface area contributed by atoms with Crippen LogP contribution < -0.4 is 0 Å². The molecule has 0 amide bonds. The fourth-order valence-corrected chi connectivity index (χ4v) is 4.87. The number of ketones is 1. The van der Waals surface area contributed by atoms with Gasteiger partial charge in [0.25, 0.3) is 0 Å². The summed E-state index contributed by atoms with van der Waals surface area (Å²) in [5.41, 5.74) is 2.59. The first-order valence-corrected chi connectivity index (χ1v) is 10.6. The van der Waals surface area contributed by atoms with Crippen LogP contribution in [0.15, 0.2) is 89.9 Å². The lowest BCUT2D eigenvalue weighted by atomic mass is 9.61. The van der Waals surface area contributed by atoms with Gasteiger partial charge in [0, 0.05) is 30.2 Å². The molecule has 1 spiro atoms. The Labute approximate surface area is 181 Å². The van der Waals surface area contributed by atoms with Crippen LogP contribution in [0, 0.1) is 6.92 Å². The van der Waals surface area contributed by atoms with E-state index < -0.39 is 5.54 Å². The molecule has 2 aliphatic rings. The highest BCUT2D eigenvalue weighted by molar-refractivity contribution is 6.09. The summed E-state index contributed by atoms with van der Waals surface area (Å²) in [7, 11) is 0. The van der Waals surface area contributed by atoms with E-state index in [1.165, 1.54) is 0 Å². The van der Waals surface area contributed by atoms with Gasteiger partial charge < -0.3 is 4.74 Å². The van der Waals surface area contributed by atoms with Crippen LogP contribution >= 0.6 is 0 Å². The molecule has 4 heteroatoms. The summed E-state index contributed by atoms with van der Waals surface area (Å²) in [6, 6.07) is 27.3. The van der Waals surface area contributed by atoms with Gasteiger partial charge in [-0.3, -0.25) is 4.79 Å². The van der Waals surface area contributed by atoms with Gasteiger partial charge in [-0.2, -0.15) is 0 Å². The molecule has 3 aromatic rings. The summed E-state index contributed by atoms with van der Waals surface area (Å²) in [6.07, 6.45) is 0.542. The Balaban J connectivity index is 1.72. The maximum Gasteiger partial charge on any atom is 0.342 e. The van der Waals surface area contributed by atoms with Crippen LogP contribution in [-0.2, 0) is 14.3 Å². The molecular formula is C27H23NO3. The SMILES string of the molecule is Cc1ccc([C@@H]2CC(=O)C[C@@H](c3ccccc3)[C@@]23N=C(c2ccccc2)OC3=O)cc1. The number of hydrogen-bond acceptors (Lipinski definition) is 4. The Hall–Kier alpha value is -3.53. The number of nitrogens with zero attached hydrogens (tertiary/aromatic N) is 1. The summed E-state index contributed by atoms with van der Waals surface area (Å²) in [6.45, 7) is 2.02. The zero-order valence-electron chi connectivity index (χ0n) is 17.3. The van der Waals surface area contributed by atoms with Crippen molar-refractivity contribution in [2.75, 3.05) is 0 Å². The highest BCUT2D eigenvalue weighted by Gasteiger charge is 2.61. The summed E-state index contributed by atoms with van der Waals surface area (Å²) >= 11 is 0. The van der Waals surface area contributed by atoms with Gasteiger partial charge in [0.05, 0.1) is 0 Å². The third kappa shape index (κ3) is 3.28. The van der Waals surface area contributed by atoms with Crippen LogP contribution in [0.3, 0.4) is 0 Å². The van der Waals surface area contributed by atoms with Gasteiger partial charge in [-0.05, 0) is 30.2 Å². The molecule has 0 aromatic heterocycles. The number of rotatable bonds is 3. The number of cyclic esters (lactones) is 1. The van der Waals surface area contributed by atoms with Crippen molar-refractivity contribution < 1.29 is 14.3 Å². The number of benzene rings is 3. The zero-order valence-corrected chi connectivity index (χ0v) is 17.3. The highest BCUT2D eigenvalue weighted by Crippen LogP contribution is 2.53. The van der Waals surface area contributed by atoms with Crippen molar-refractivity contribution in [3.63, 3.8) is 0 Å². The molecule has 0 radical (unpaired) electrons. The lowest BCUT2D eigenvalue weighted by molar-refractivity contribution is -0.143. The molecule has 1 aliphatic heterocycles. The van der Waals surface area contributed by atoms with E-state index in [1.54, 1.807) is 0 Å². The minimum absolute atomic E-state index is 0.140. The quantitative estimate of drug-likeness (QED) is 0.574. The van der Waals surface area contributed by atoms with Crippen molar-refractivity contribution >= 4 is 17.7 Å². The fourth-order valence-electron chi connectivity index (χ4n) is 4.87. The summed E-state index contributed by atoms with van der Waals surface area (Å²) in [4.78, 5) is 31.5. The summed E-state index contributed by atoms with van der Waals surface area (Å²) < 4.78 is 5.80. The number of carbonyl (C=O) groups excluding carboxylic acids is 2. The molecule has 3 aromatic carbocycles. The predicted octanol–water partition coefficient (Wildman–Crippen LogP) is 4.97. The molecule has 0 saturated heterocycles. The molecule has 1 heterocycles. The number of Topliss-reactive ketones (excluding diaryl/α,β-unsaturated/α-hetero) is 1. The minimum atomic E-state index is -1.17. The first kappa shape index (κ1) is 19.4. The van der Waals surface area contributed by atoms with E-state index in [1.807, 2.05) is 91.9 Å². The standard InChI is InChI=1S/C27H23NO3/c1-18-12-14-20(15-13-18)24-17-22(29)16-23(19-8-4-2-5-9-19)27(24)26(30)31-25(28-27)21-10-6-3-7-11-21/h2-15,23-24H,16-17H2,1H3/t23-,24-,27+/m0/s1. The van der Waals surface area contributed by atoms with Crippen molar-refractivity contribution in [3.8, 4) is 0 Å². The number of esters is 1. The Morgan fingerprint density at radius 3 is 1.94 bits per heavy atom. The maximum absolute atomic E-state index is 13.6. The molecule has 31 heavy (non-hydrogen) atoms. The molecule has 1 aliphatic carbocycles. The van der Waals surface area contributed by atoms with Crippen molar-refractivity contribution in [3.05, 3.63) is 107 Å². The van der Waals surface area contributed by atoms with E-state index in [2.05, 4.69) is 0 Å². The largest absolute Gasteiger partial charge is 0.405 e. The highest BCUT2D eigenvalue weighted by atomic mass is 16.6. The van der Waals surface area contributed by atoms with Crippen LogP contribution in [0.2, 0.25) is 0 Å².